The highest BCUT2D eigenvalue weighted by molar-refractivity contribution is 5.49. The zero-order valence-corrected chi connectivity index (χ0v) is 5.68. The van der Waals surface area contributed by atoms with Crippen LogP contribution in [0.4, 0.5) is 0 Å². The molecule has 0 saturated heterocycles. The Hall–Kier alpha value is -1.69. The Bertz CT molecular complexity index is 248. The second kappa shape index (κ2) is 4.18. The van der Waals surface area contributed by atoms with Crippen molar-refractivity contribution in [2.45, 2.75) is 0 Å². The van der Waals surface area contributed by atoms with Gasteiger partial charge in [-0.2, -0.15) is 0 Å². The molecule has 6 heteroatoms. The molecule has 1 aliphatic heterocycles. The monoisotopic (exact) mass is 151 g/mol. The van der Waals surface area contributed by atoms with E-state index in [1.807, 2.05) is 11.5 Å². The van der Waals surface area contributed by atoms with Crippen LogP contribution in [-0.2, 0) is 0 Å². The third kappa shape index (κ3) is 2.59. The number of rotatable bonds is 3. The molecule has 0 amide bonds. The van der Waals surface area contributed by atoms with Crippen molar-refractivity contribution in [3.8, 4) is 0 Å². The first kappa shape index (κ1) is 7.42. The van der Waals surface area contributed by atoms with Crippen molar-refractivity contribution >= 4 is 6.34 Å². The number of nitrogens with zero attached hydrogens (tertiary/aromatic N) is 4. The van der Waals surface area contributed by atoms with Crippen LogP contribution < -0.4 is 5.32 Å². The van der Waals surface area contributed by atoms with Crippen molar-refractivity contribution in [2.75, 3.05) is 0 Å². The molecule has 0 aromatic rings. The molecule has 0 aromatic heterocycles. The van der Waals surface area contributed by atoms with Crippen LogP contribution in [-0.4, -0.2) is 6.34 Å². The Morgan fingerprint density at radius 2 is 2.36 bits per heavy atom. The summed E-state index contributed by atoms with van der Waals surface area (Å²) in [5.74, 6) is 0. The predicted octanol–water partition coefficient (Wildman–Crippen LogP) is 0.345. The first-order chi connectivity index (χ1) is 5.43. The molecular formula is C5H7N6+. The molecule has 0 bridgehead atoms. The van der Waals surface area contributed by atoms with Crippen LogP contribution in [0, 0.1) is 5.41 Å². The van der Waals surface area contributed by atoms with Gasteiger partial charge in [0.2, 0.25) is 0 Å². The van der Waals surface area contributed by atoms with Gasteiger partial charge in [-0.25, -0.2) is 0 Å². The molecule has 3 N–H and O–H groups in total. The number of hydrogen-bond acceptors (Lipinski definition) is 2. The van der Waals surface area contributed by atoms with Crippen molar-refractivity contribution in [3.05, 3.63) is 24.2 Å². The average molecular weight is 151 g/mol. The smallest absolute Gasteiger partial charge is 0.146 e. The Morgan fingerprint density at radius 3 is 3.00 bits per heavy atom. The maximum absolute atomic E-state index is 6.47. The van der Waals surface area contributed by atoms with Gasteiger partial charge in [0.15, 0.2) is 0 Å². The van der Waals surface area contributed by atoms with Crippen LogP contribution >= 0.6 is 0 Å². The summed E-state index contributed by atoms with van der Waals surface area (Å²) in [6, 6.07) is 0. The van der Waals surface area contributed by atoms with Crippen molar-refractivity contribution in [3.63, 3.8) is 0 Å². The summed E-state index contributed by atoms with van der Waals surface area (Å²) in [6.07, 6.45) is 6.24. The molecule has 1 rings (SSSR count). The van der Waals surface area contributed by atoms with E-state index in [1.54, 1.807) is 12.3 Å². The van der Waals surface area contributed by atoms with Gasteiger partial charge in [-0.15, -0.1) is 10.2 Å². The molecule has 6 nitrogen and oxygen atoms in total. The summed E-state index contributed by atoms with van der Waals surface area (Å²) < 4.78 is 0. The van der Waals surface area contributed by atoms with Gasteiger partial charge in [-0.05, 0) is 10.4 Å². The molecule has 0 unspecified atom stereocenters. The number of nitrogens with two attached hydrogens (primary N) is 1. The van der Waals surface area contributed by atoms with Crippen molar-refractivity contribution in [2.24, 2.45) is 20.7 Å². The minimum atomic E-state index is 0.730. The lowest BCUT2D eigenvalue weighted by molar-refractivity contribution is -0.510. The molecule has 0 atom stereocenters. The highest BCUT2D eigenvalue weighted by atomic mass is 15.5. The molecule has 1 heterocycles. The number of allylic oxidation sites excluding steroid dienone is 1. The highest BCUT2D eigenvalue weighted by Gasteiger charge is 1.96. The quantitative estimate of drug-likeness (QED) is 0.252. The molecule has 0 fully saturated rings. The van der Waals surface area contributed by atoms with E-state index >= 15 is 0 Å². The topological polar surface area (TPSA) is 89.9 Å². The standard InChI is InChI=1S/C5H6N6/c6-4-8-10-11-9-5-1-2-7-3-5/h1-4,6-7H/p+1. The van der Waals surface area contributed by atoms with Gasteiger partial charge in [-0.1, -0.05) is 0 Å². The molecular weight excluding hydrogens is 144 g/mol. The van der Waals surface area contributed by atoms with Crippen molar-refractivity contribution < 1.29 is 5.32 Å². The fraction of sp³-hybridized carbons (Fsp3) is 0. The molecule has 56 valence electrons. The summed E-state index contributed by atoms with van der Waals surface area (Å²) in [4.78, 5) is 0. The van der Waals surface area contributed by atoms with E-state index in [1.165, 1.54) is 0 Å². The van der Waals surface area contributed by atoms with Crippen LogP contribution in [0.15, 0.2) is 44.8 Å². The van der Waals surface area contributed by atoms with Gasteiger partial charge in [0.25, 0.3) is 0 Å². The predicted molar refractivity (Wildman–Crippen MR) is 37.6 cm³/mol. The molecule has 0 aromatic carbocycles. The second-order valence-corrected chi connectivity index (χ2v) is 1.67. The first-order valence-electron chi connectivity index (χ1n) is 2.95. The van der Waals surface area contributed by atoms with Crippen molar-refractivity contribution in [1.82, 2.24) is 0 Å². The third-order valence-corrected chi connectivity index (χ3v) is 0.955. The van der Waals surface area contributed by atoms with Crippen molar-refractivity contribution in [1.29, 1.82) is 5.41 Å². The van der Waals surface area contributed by atoms with Crippen LogP contribution in [0.25, 0.3) is 0 Å². The Labute approximate surface area is 62.9 Å². The summed E-state index contributed by atoms with van der Waals surface area (Å²) in [7, 11) is 0. The third-order valence-electron chi connectivity index (χ3n) is 0.955. The Morgan fingerprint density at radius 1 is 1.45 bits per heavy atom. The highest BCUT2D eigenvalue weighted by Crippen LogP contribution is 1.98. The van der Waals surface area contributed by atoms with Crippen LogP contribution in [0.1, 0.15) is 0 Å². The van der Waals surface area contributed by atoms with E-state index < -0.39 is 0 Å². The van der Waals surface area contributed by atoms with Gasteiger partial charge in [0, 0.05) is 6.08 Å². The van der Waals surface area contributed by atoms with E-state index in [9.17, 15) is 0 Å². The minimum absolute atomic E-state index is 0.730. The lowest BCUT2D eigenvalue weighted by Crippen LogP contribution is -2.69. The molecule has 0 saturated carbocycles. The molecule has 1 aliphatic rings. The fourth-order valence-corrected chi connectivity index (χ4v) is 0.551. The first-order valence-corrected chi connectivity index (χ1v) is 2.95. The number of hydrogen-bond donors (Lipinski definition) is 2. The molecule has 0 radical (unpaired) electrons. The Balaban J connectivity index is 2.40. The van der Waals surface area contributed by atoms with E-state index in [4.69, 9.17) is 5.41 Å². The van der Waals surface area contributed by atoms with E-state index in [2.05, 4.69) is 20.7 Å². The zero-order valence-electron chi connectivity index (χ0n) is 5.68. The van der Waals surface area contributed by atoms with Gasteiger partial charge in [0.1, 0.15) is 18.2 Å². The maximum atomic E-state index is 6.47. The van der Waals surface area contributed by atoms with E-state index in [0.717, 1.165) is 12.0 Å². The lowest BCUT2D eigenvalue weighted by atomic mass is 10.5. The molecule has 0 spiro atoms. The van der Waals surface area contributed by atoms with E-state index in [-0.39, 0.29) is 0 Å². The van der Waals surface area contributed by atoms with Crippen LogP contribution in [0.3, 0.4) is 0 Å². The summed E-state index contributed by atoms with van der Waals surface area (Å²) in [5.41, 5.74) is 0.730. The molecule has 11 heavy (non-hydrogen) atoms. The lowest BCUT2D eigenvalue weighted by Gasteiger charge is -1.75. The van der Waals surface area contributed by atoms with Gasteiger partial charge >= 0.3 is 0 Å². The summed E-state index contributed by atoms with van der Waals surface area (Å²) in [6.45, 7) is 0. The van der Waals surface area contributed by atoms with E-state index in [0.29, 0.717) is 0 Å². The summed E-state index contributed by atoms with van der Waals surface area (Å²) >= 11 is 0. The number of nitrogens with one attached hydrogen (secondary N) is 1. The zero-order chi connectivity index (χ0) is 7.94. The van der Waals surface area contributed by atoms with Gasteiger partial charge < -0.3 is 0 Å². The van der Waals surface area contributed by atoms with Gasteiger partial charge in [0.05, 0.1) is 6.20 Å². The molecule has 0 aliphatic carbocycles. The minimum Gasteiger partial charge on any atom is -0.292 e. The Kier molecular flexibility index (Phi) is 2.82. The largest absolute Gasteiger partial charge is 0.292 e. The normalized spacial score (nSPS) is 16.5. The number of quaternary nitrogens is 1. The average Bonchev–Trinajstić information content (AvgIpc) is 2.50. The summed E-state index contributed by atoms with van der Waals surface area (Å²) in [5, 5.41) is 21.7. The van der Waals surface area contributed by atoms with Crippen LogP contribution in [0.2, 0.25) is 0 Å². The van der Waals surface area contributed by atoms with Crippen LogP contribution in [0.5, 0.6) is 0 Å². The van der Waals surface area contributed by atoms with Gasteiger partial charge in [-0.3, -0.25) is 10.7 Å². The second-order valence-electron chi connectivity index (χ2n) is 1.67. The SMILES string of the molecule is N=CN=NN=NC1=C[NH2+]C=C1. The maximum Gasteiger partial charge on any atom is 0.146 e. The fourth-order valence-electron chi connectivity index (χ4n) is 0.551.